The predicted octanol–water partition coefficient (Wildman–Crippen LogP) is 7.39. The van der Waals surface area contributed by atoms with E-state index < -0.39 is 0 Å². The van der Waals surface area contributed by atoms with Crippen molar-refractivity contribution in [2.45, 2.75) is 52.0 Å². The molecule has 0 spiro atoms. The molecule has 1 aromatic heterocycles. The lowest BCUT2D eigenvalue weighted by molar-refractivity contribution is 0.0652. The van der Waals surface area contributed by atoms with Crippen LogP contribution in [-0.2, 0) is 5.54 Å². The highest BCUT2D eigenvalue weighted by Gasteiger charge is 2.52. The number of amides is 2. The fraction of sp³-hybridized carbons (Fsp3) is 0.294. The molecule has 0 radical (unpaired) electrons. The van der Waals surface area contributed by atoms with Crippen LogP contribution >= 0.6 is 0 Å². The van der Waals surface area contributed by atoms with Gasteiger partial charge >= 0.3 is 0 Å². The van der Waals surface area contributed by atoms with Gasteiger partial charge in [-0.2, -0.15) is 0 Å². The fourth-order valence-electron chi connectivity index (χ4n) is 5.86. The molecule has 7 heteroatoms. The number of unbranched alkanes of at least 4 members (excludes halogenated alkanes) is 1. The minimum atomic E-state index is -0.352. The maximum Gasteiger partial charge on any atom is 0.261 e. The lowest BCUT2D eigenvalue weighted by atomic mass is 10.00. The van der Waals surface area contributed by atoms with Gasteiger partial charge in [0.1, 0.15) is 5.76 Å². The van der Waals surface area contributed by atoms with Crippen molar-refractivity contribution in [1.29, 1.82) is 0 Å². The SMILES string of the molecule is [C-]#[N+]C1(c2ccc(N(CCCCN3C(=O)c4ccccc4C3=O)c3cc(-c4c(C)noc4C)ccc3C)cc2)CC1. The number of benzene rings is 3. The van der Waals surface area contributed by atoms with Gasteiger partial charge in [0, 0.05) is 48.4 Å². The van der Waals surface area contributed by atoms with Crippen LogP contribution in [0.4, 0.5) is 11.4 Å². The molecule has 41 heavy (non-hydrogen) atoms. The van der Waals surface area contributed by atoms with Crippen LogP contribution < -0.4 is 4.90 Å². The van der Waals surface area contributed by atoms with Crippen LogP contribution in [0.15, 0.2) is 71.3 Å². The van der Waals surface area contributed by atoms with Crippen LogP contribution in [0.3, 0.4) is 0 Å². The van der Waals surface area contributed by atoms with E-state index in [4.69, 9.17) is 11.1 Å². The molecule has 2 heterocycles. The Morgan fingerprint density at radius 3 is 2.22 bits per heavy atom. The Morgan fingerprint density at radius 1 is 0.951 bits per heavy atom. The summed E-state index contributed by atoms with van der Waals surface area (Å²) in [4.78, 5) is 33.2. The minimum absolute atomic E-state index is 0.213. The highest BCUT2D eigenvalue weighted by Crippen LogP contribution is 2.50. The summed E-state index contributed by atoms with van der Waals surface area (Å²) in [5.74, 6) is 0.354. The Balaban J connectivity index is 1.26. The summed E-state index contributed by atoms with van der Waals surface area (Å²) in [6.07, 6.45) is 3.28. The summed E-state index contributed by atoms with van der Waals surface area (Å²) < 4.78 is 5.45. The van der Waals surface area contributed by atoms with E-state index in [0.29, 0.717) is 30.6 Å². The van der Waals surface area contributed by atoms with Crippen molar-refractivity contribution in [3.63, 3.8) is 0 Å². The van der Waals surface area contributed by atoms with E-state index >= 15 is 0 Å². The number of hydrogen-bond donors (Lipinski definition) is 0. The first kappa shape index (κ1) is 26.5. The highest BCUT2D eigenvalue weighted by atomic mass is 16.5. The molecule has 0 N–H and O–H groups in total. The first-order valence-corrected chi connectivity index (χ1v) is 14.1. The van der Waals surface area contributed by atoms with Gasteiger partial charge in [0.15, 0.2) is 0 Å². The third-order valence-electron chi connectivity index (χ3n) is 8.37. The first-order valence-electron chi connectivity index (χ1n) is 14.1. The zero-order chi connectivity index (χ0) is 28.7. The van der Waals surface area contributed by atoms with Crippen LogP contribution in [0.5, 0.6) is 0 Å². The molecule has 7 nitrogen and oxygen atoms in total. The van der Waals surface area contributed by atoms with Crippen molar-refractivity contribution < 1.29 is 14.1 Å². The third kappa shape index (κ3) is 4.70. The predicted molar refractivity (Wildman–Crippen MR) is 158 cm³/mol. The molecular weight excluding hydrogens is 512 g/mol. The second kappa shape index (κ2) is 10.4. The van der Waals surface area contributed by atoms with Crippen LogP contribution in [0.1, 0.15) is 69.0 Å². The lowest BCUT2D eigenvalue weighted by Crippen LogP contribution is -2.31. The molecule has 3 aromatic carbocycles. The van der Waals surface area contributed by atoms with E-state index in [1.807, 2.05) is 13.8 Å². The number of nitrogens with zero attached hydrogens (tertiary/aromatic N) is 4. The molecule has 206 valence electrons. The first-order chi connectivity index (χ1) is 19.8. The second-order valence-electron chi connectivity index (χ2n) is 11.1. The summed E-state index contributed by atoms with van der Waals surface area (Å²) in [5, 5.41) is 4.15. The minimum Gasteiger partial charge on any atom is -0.361 e. The van der Waals surface area contributed by atoms with Gasteiger partial charge in [-0.15, -0.1) is 0 Å². The van der Waals surface area contributed by atoms with Gasteiger partial charge in [-0.1, -0.05) is 29.4 Å². The molecule has 1 saturated carbocycles. The van der Waals surface area contributed by atoms with Crippen molar-refractivity contribution in [1.82, 2.24) is 10.1 Å². The molecule has 4 aromatic rings. The zero-order valence-corrected chi connectivity index (χ0v) is 23.6. The van der Waals surface area contributed by atoms with E-state index in [0.717, 1.165) is 64.3 Å². The van der Waals surface area contributed by atoms with Gasteiger partial charge in [0.25, 0.3) is 17.4 Å². The quantitative estimate of drug-likeness (QED) is 0.125. The molecular formula is C34H32N4O3. The smallest absolute Gasteiger partial charge is 0.261 e. The topological polar surface area (TPSA) is 71.0 Å². The molecule has 0 atom stereocenters. The van der Waals surface area contributed by atoms with Crippen molar-refractivity contribution in [2.24, 2.45) is 0 Å². The van der Waals surface area contributed by atoms with Gasteiger partial charge in [0.2, 0.25) is 0 Å². The molecule has 0 bridgehead atoms. The van der Waals surface area contributed by atoms with Gasteiger partial charge in [-0.05, 0) is 87.2 Å². The van der Waals surface area contributed by atoms with Crippen molar-refractivity contribution in [3.8, 4) is 11.1 Å². The van der Waals surface area contributed by atoms with E-state index in [1.54, 1.807) is 24.3 Å². The number of carbonyl (C=O) groups is 2. The van der Waals surface area contributed by atoms with E-state index in [-0.39, 0.29) is 17.4 Å². The Morgan fingerprint density at radius 2 is 1.63 bits per heavy atom. The Labute approximate surface area is 240 Å². The van der Waals surface area contributed by atoms with Crippen LogP contribution in [-0.4, -0.2) is 35.0 Å². The van der Waals surface area contributed by atoms with Crippen molar-refractivity contribution in [3.05, 3.63) is 112 Å². The summed E-state index contributed by atoms with van der Waals surface area (Å²) in [7, 11) is 0. The maximum atomic E-state index is 12.8. The van der Waals surface area contributed by atoms with Gasteiger partial charge in [0.05, 0.1) is 16.8 Å². The van der Waals surface area contributed by atoms with Crippen LogP contribution in [0.2, 0.25) is 0 Å². The molecule has 0 unspecified atom stereocenters. The molecule has 2 amide bonds. The maximum absolute atomic E-state index is 12.8. The monoisotopic (exact) mass is 544 g/mol. The van der Waals surface area contributed by atoms with E-state index in [1.165, 1.54) is 4.90 Å². The number of imide groups is 1. The van der Waals surface area contributed by atoms with E-state index in [2.05, 4.69) is 64.3 Å². The molecule has 6 rings (SSSR count). The summed E-state index contributed by atoms with van der Waals surface area (Å²) >= 11 is 0. The number of anilines is 2. The third-order valence-corrected chi connectivity index (χ3v) is 8.37. The van der Waals surface area contributed by atoms with Gasteiger partial charge < -0.3 is 14.3 Å². The summed E-state index contributed by atoms with van der Waals surface area (Å²) in [6, 6.07) is 21.8. The number of aryl methyl sites for hydroxylation is 3. The van der Waals surface area contributed by atoms with Crippen LogP contribution in [0, 0.1) is 27.3 Å². The normalized spacial score (nSPS) is 15.1. The average Bonchev–Trinajstić information content (AvgIpc) is 3.67. The molecule has 1 aliphatic carbocycles. The number of fused-ring (bicyclic) bond motifs is 1. The lowest BCUT2D eigenvalue weighted by Gasteiger charge is -2.28. The van der Waals surface area contributed by atoms with Crippen molar-refractivity contribution in [2.75, 3.05) is 18.0 Å². The highest BCUT2D eigenvalue weighted by molar-refractivity contribution is 6.21. The summed E-state index contributed by atoms with van der Waals surface area (Å²) in [5.41, 5.74) is 7.82. The standard InChI is InChI=1S/C34H32N4O3/c1-22-11-12-25(31-23(2)36-41-24(31)3)21-30(22)37(27-15-13-26(14-16-27)34(35-4)17-18-34)19-7-8-20-38-32(39)28-9-5-6-10-29(28)33(38)40/h5-6,9-16,21H,7-8,17-20H2,1-3H3. The number of hydrogen-bond acceptors (Lipinski definition) is 5. The van der Waals surface area contributed by atoms with Gasteiger partial charge in [-0.3, -0.25) is 14.5 Å². The number of rotatable bonds is 9. The largest absolute Gasteiger partial charge is 0.361 e. The number of aromatic nitrogens is 1. The van der Waals surface area contributed by atoms with Crippen LogP contribution in [0.25, 0.3) is 16.0 Å². The number of carbonyl (C=O) groups excluding carboxylic acids is 2. The summed E-state index contributed by atoms with van der Waals surface area (Å²) in [6.45, 7) is 14.7. The van der Waals surface area contributed by atoms with E-state index in [9.17, 15) is 9.59 Å². The molecule has 1 aliphatic heterocycles. The molecule has 0 saturated heterocycles. The van der Waals surface area contributed by atoms with Crippen molar-refractivity contribution >= 4 is 23.2 Å². The Hall–Kier alpha value is -4.70. The second-order valence-corrected chi connectivity index (χ2v) is 11.1. The average molecular weight is 545 g/mol. The molecule has 1 fully saturated rings. The Kier molecular flexibility index (Phi) is 6.70. The van der Waals surface area contributed by atoms with Gasteiger partial charge in [-0.25, -0.2) is 6.57 Å². The molecule has 2 aliphatic rings. The Bertz CT molecular complexity index is 1640. The zero-order valence-electron chi connectivity index (χ0n) is 23.6. The fourth-order valence-corrected chi connectivity index (χ4v) is 5.86.